The van der Waals surface area contributed by atoms with Crippen LogP contribution in [0.25, 0.3) is 11.4 Å². The van der Waals surface area contributed by atoms with Gasteiger partial charge in [-0.25, -0.2) is 4.79 Å². The van der Waals surface area contributed by atoms with E-state index >= 15 is 0 Å². The third kappa shape index (κ3) is 6.40. The van der Waals surface area contributed by atoms with Crippen LogP contribution >= 0.6 is 0 Å². The first-order chi connectivity index (χ1) is 14.5. The Morgan fingerprint density at radius 3 is 2.67 bits per heavy atom. The molecule has 3 aromatic rings. The van der Waals surface area contributed by atoms with Crippen LogP contribution in [0.5, 0.6) is 0 Å². The first-order valence-corrected chi connectivity index (χ1v) is 9.56. The second kappa shape index (κ2) is 10.1. The van der Waals surface area contributed by atoms with Crippen molar-refractivity contribution in [3.05, 3.63) is 54.7 Å². The van der Waals surface area contributed by atoms with Gasteiger partial charge in [-0.1, -0.05) is 25.1 Å². The van der Waals surface area contributed by atoms with Gasteiger partial charge in [-0.2, -0.15) is 4.98 Å². The summed E-state index contributed by atoms with van der Waals surface area (Å²) in [6.45, 7) is 4.25. The molecule has 30 heavy (non-hydrogen) atoms. The van der Waals surface area contributed by atoms with E-state index in [1.807, 2.05) is 19.9 Å². The second-order valence-corrected chi connectivity index (χ2v) is 7.00. The zero-order chi connectivity index (χ0) is 21.3. The zero-order valence-corrected chi connectivity index (χ0v) is 16.8. The van der Waals surface area contributed by atoms with Gasteiger partial charge < -0.3 is 14.6 Å². The molecule has 0 saturated carbocycles. The Morgan fingerprint density at radius 2 is 1.93 bits per heavy atom. The van der Waals surface area contributed by atoms with Crippen molar-refractivity contribution >= 4 is 23.4 Å². The Morgan fingerprint density at radius 1 is 1.13 bits per heavy atom. The molecule has 0 bridgehead atoms. The van der Waals surface area contributed by atoms with E-state index in [4.69, 9.17) is 9.26 Å². The molecule has 156 valence electrons. The van der Waals surface area contributed by atoms with Crippen LogP contribution in [0.2, 0.25) is 0 Å². The van der Waals surface area contributed by atoms with Crippen LogP contribution < -0.4 is 10.6 Å². The fourth-order valence-corrected chi connectivity index (χ4v) is 2.48. The van der Waals surface area contributed by atoms with Crippen LogP contribution in [0, 0.1) is 5.92 Å². The Balaban J connectivity index is 1.49. The number of hydrogen-bond donors (Lipinski definition) is 2. The molecule has 2 heterocycles. The van der Waals surface area contributed by atoms with Gasteiger partial charge in [-0.05, 0) is 36.2 Å². The van der Waals surface area contributed by atoms with E-state index in [9.17, 15) is 9.59 Å². The predicted octanol–water partition coefficient (Wildman–Crippen LogP) is 3.91. The average molecular weight is 409 g/mol. The van der Waals surface area contributed by atoms with Crippen molar-refractivity contribution < 1.29 is 18.8 Å². The van der Waals surface area contributed by atoms with Crippen molar-refractivity contribution in [1.82, 2.24) is 15.1 Å². The van der Waals surface area contributed by atoms with Crippen LogP contribution in [0.3, 0.4) is 0 Å². The third-order valence-electron chi connectivity index (χ3n) is 3.89. The molecule has 2 amide bonds. The number of nitrogens with zero attached hydrogens (tertiary/aromatic N) is 3. The summed E-state index contributed by atoms with van der Waals surface area (Å²) in [5.41, 5.74) is 1.83. The smallest absolute Gasteiger partial charge is 0.411 e. The number of benzene rings is 1. The monoisotopic (exact) mass is 409 g/mol. The van der Waals surface area contributed by atoms with Crippen molar-refractivity contribution in [1.29, 1.82) is 0 Å². The first kappa shape index (κ1) is 21.0. The van der Waals surface area contributed by atoms with E-state index in [0.717, 1.165) is 5.56 Å². The maximum Gasteiger partial charge on any atom is 0.411 e. The minimum Gasteiger partial charge on any atom is -0.449 e. The molecule has 1 aromatic carbocycles. The quantitative estimate of drug-likeness (QED) is 0.579. The van der Waals surface area contributed by atoms with Crippen LogP contribution in [0.15, 0.2) is 53.3 Å². The SMILES string of the molecule is CC(C)COC(=O)Nc1cccc(NC(=O)CCc2nc(-c3cccnc3)no2)c1. The van der Waals surface area contributed by atoms with Crippen molar-refractivity contribution in [2.24, 2.45) is 5.92 Å². The lowest BCUT2D eigenvalue weighted by Crippen LogP contribution is -2.17. The summed E-state index contributed by atoms with van der Waals surface area (Å²) in [4.78, 5) is 32.3. The molecule has 0 aliphatic heterocycles. The van der Waals surface area contributed by atoms with E-state index < -0.39 is 6.09 Å². The molecular formula is C21H23N5O4. The van der Waals surface area contributed by atoms with Crippen molar-refractivity contribution in [3.63, 3.8) is 0 Å². The number of amides is 2. The fraction of sp³-hybridized carbons (Fsp3) is 0.286. The summed E-state index contributed by atoms with van der Waals surface area (Å²) in [7, 11) is 0. The lowest BCUT2D eigenvalue weighted by molar-refractivity contribution is -0.116. The van der Waals surface area contributed by atoms with E-state index in [1.54, 1.807) is 42.7 Å². The van der Waals surface area contributed by atoms with Crippen molar-refractivity contribution in [3.8, 4) is 11.4 Å². The lowest BCUT2D eigenvalue weighted by Gasteiger charge is -2.10. The Kier molecular flexibility index (Phi) is 7.09. The number of carbonyl (C=O) groups excluding carboxylic acids is 2. The molecular weight excluding hydrogens is 386 g/mol. The predicted molar refractivity (Wildman–Crippen MR) is 111 cm³/mol. The molecule has 0 spiro atoms. The summed E-state index contributed by atoms with van der Waals surface area (Å²) in [5.74, 6) is 0.838. The normalized spacial score (nSPS) is 10.6. The molecule has 0 atom stereocenters. The number of aryl methyl sites for hydroxylation is 1. The molecule has 0 unspecified atom stereocenters. The molecule has 0 aliphatic carbocycles. The van der Waals surface area contributed by atoms with E-state index in [0.29, 0.717) is 36.1 Å². The molecule has 0 saturated heterocycles. The number of rotatable bonds is 8. The van der Waals surface area contributed by atoms with E-state index in [-0.39, 0.29) is 18.2 Å². The highest BCUT2D eigenvalue weighted by Crippen LogP contribution is 2.17. The summed E-state index contributed by atoms with van der Waals surface area (Å²) in [6, 6.07) is 10.4. The maximum absolute atomic E-state index is 12.3. The van der Waals surface area contributed by atoms with Crippen LogP contribution in [-0.2, 0) is 16.0 Å². The highest BCUT2D eigenvalue weighted by Gasteiger charge is 2.11. The number of ether oxygens (including phenoxy) is 1. The molecule has 2 N–H and O–H groups in total. The van der Waals surface area contributed by atoms with Gasteiger partial charge in [0.2, 0.25) is 17.6 Å². The van der Waals surface area contributed by atoms with Crippen LogP contribution in [0.4, 0.5) is 16.2 Å². The standard InChI is InChI=1S/C21H23N5O4/c1-14(2)13-29-21(28)24-17-7-3-6-16(11-17)23-18(27)8-9-19-25-20(26-30-19)15-5-4-10-22-12-15/h3-7,10-12,14H,8-9,13H2,1-2H3,(H,23,27)(H,24,28). The molecule has 3 rings (SSSR count). The summed E-state index contributed by atoms with van der Waals surface area (Å²) in [6.07, 6.45) is 3.24. The van der Waals surface area contributed by atoms with Crippen molar-refractivity contribution in [2.45, 2.75) is 26.7 Å². The highest BCUT2D eigenvalue weighted by molar-refractivity contribution is 5.92. The Bertz CT molecular complexity index is 988. The van der Waals surface area contributed by atoms with Gasteiger partial charge in [0.1, 0.15) is 0 Å². The third-order valence-corrected chi connectivity index (χ3v) is 3.89. The van der Waals surface area contributed by atoms with Gasteiger partial charge in [0.05, 0.1) is 6.61 Å². The summed E-state index contributed by atoms with van der Waals surface area (Å²) in [5, 5.41) is 9.32. The summed E-state index contributed by atoms with van der Waals surface area (Å²) < 4.78 is 10.3. The number of aromatic nitrogens is 3. The largest absolute Gasteiger partial charge is 0.449 e. The minimum atomic E-state index is -0.534. The first-order valence-electron chi connectivity index (χ1n) is 9.56. The number of anilines is 2. The van der Waals surface area contributed by atoms with Gasteiger partial charge in [0.25, 0.3) is 0 Å². The molecule has 9 nitrogen and oxygen atoms in total. The van der Waals surface area contributed by atoms with Gasteiger partial charge in [0, 0.05) is 42.2 Å². The molecule has 0 radical (unpaired) electrons. The number of carbonyl (C=O) groups is 2. The number of hydrogen-bond acceptors (Lipinski definition) is 7. The van der Waals surface area contributed by atoms with Crippen LogP contribution in [0.1, 0.15) is 26.2 Å². The van der Waals surface area contributed by atoms with E-state index in [1.165, 1.54) is 0 Å². The molecule has 0 fully saturated rings. The molecule has 2 aromatic heterocycles. The topological polar surface area (TPSA) is 119 Å². The van der Waals surface area contributed by atoms with Gasteiger partial charge in [0.15, 0.2) is 0 Å². The number of pyridine rings is 1. The lowest BCUT2D eigenvalue weighted by atomic mass is 10.2. The van der Waals surface area contributed by atoms with Gasteiger partial charge in [-0.15, -0.1) is 0 Å². The molecule has 9 heteroatoms. The second-order valence-electron chi connectivity index (χ2n) is 7.00. The van der Waals surface area contributed by atoms with Crippen LogP contribution in [-0.4, -0.2) is 33.7 Å². The fourth-order valence-electron chi connectivity index (χ4n) is 2.48. The maximum atomic E-state index is 12.3. The average Bonchev–Trinajstić information content (AvgIpc) is 3.21. The summed E-state index contributed by atoms with van der Waals surface area (Å²) >= 11 is 0. The van der Waals surface area contributed by atoms with Gasteiger partial charge in [-0.3, -0.25) is 15.1 Å². The minimum absolute atomic E-state index is 0.169. The zero-order valence-electron chi connectivity index (χ0n) is 16.8. The Hall–Kier alpha value is -3.75. The number of nitrogens with one attached hydrogen (secondary N) is 2. The van der Waals surface area contributed by atoms with Crippen molar-refractivity contribution in [2.75, 3.05) is 17.2 Å². The molecule has 0 aliphatic rings. The highest BCUT2D eigenvalue weighted by atomic mass is 16.5. The van der Waals surface area contributed by atoms with Gasteiger partial charge >= 0.3 is 6.09 Å². The Labute approximate surface area is 173 Å². The van der Waals surface area contributed by atoms with E-state index in [2.05, 4.69) is 25.8 Å².